The van der Waals surface area contributed by atoms with Crippen molar-refractivity contribution >= 4 is 0 Å². The first-order valence-electron chi connectivity index (χ1n) is 11.7. The van der Waals surface area contributed by atoms with Crippen LogP contribution in [0.5, 0.6) is 0 Å². The molecule has 0 bridgehead atoms. The van der Waals surface area contributed by atoms with Crippen LogP contribution >= 0.6 is 0 Å². The second kappa shape index (κ2) is 17.0. The average Bonchev–Trinajstić information content (AvgIpc) is 2.65. The fourth-order valence-electron chi connectivity index (χ4n) is 3.90. The van der Waals surface area contributed by atoms with Gasteiger partial charge in [0.1, 0.15) is 0 Å². The second-order valence-corrected chi connectivity index (χ2v) is 8.58. The quantitative estimate of drug-likeness (QED) is 0.321. The molecular formula is C25H45NO2. The maximum Gasteiger partial charge on any atom is 0.0639 e. The highest BCUT2D eigenvalue weighted by Crippen LogP contribution is 2.13. The number of hydrogen-bond donors (Lipinski definition) is 2. The third kappa shape index (κ3) is 15.1. The van der Waals surface area contributed by atoms with Gasteiger partial charge in [0, 0.05) is 13.1 Å². The van der Waals surface area contributed by atoms with Gasteiger partial charge in [0.2, 0.25) is 0 Å². The van der Waals surface area contributed by atoms with E-state index in [0.717, 1.165) is 6.54 Å². The molecule has 0 radical (unpaired) electrons. The molecule has 3 nitrogen and oxygen atoms in total. The summed E-state index contributed by atoms with van der Waals surface area (Å²) in [7, 11) is 0. The van der Waals surface area contributed by atoms with E-state index in [4.69, 9.17) is 0 Å². The highest BCUT2D eigenvalue weighted by molar-refractivity contribution is 5.14. The maximum atomic E-state index is 9.56. The molecule has 0 aliphatic heterocycles. The van der Waals surface area contributed by atoms with E-state index < -0.39 is 0 Å². The maximum absolute atomic E-state index is 9.56. The Labute approximate surface area is 174 Å². The highest BCUT2D eigenvalue weighted by atomic mass is 16.3. The third-order valence-corrected chi connectivity index (χ3v) is 5.33. The number of aryl methyl sites for hydroxylation is 1. The fourth-order valence-corrected chi connectivity index (χ4v) is 3.90. The van der Waals surface area contributed by atoms with Crippen LogP contribution in [0.4, 0.5) is 0 Å². The van der Waals surface area contributed by atoms with Crippen molar-refractivity contribution < 1.29 is 10.2 Å². The van der Waals surface area contributed by atoms with Crippen molar-refractivity contribution in [2.75, 3.05) is 19.6 Å². The Kier molecular flexibility index (Phi) is 15.3. The number of hydrogen-bond acceptors (Lipinski definition) is 3. The monoisotopic (exact) mass is 391 g/mol. The Morgan fingerprint density at radius 1 is 0.643 bits per heavy atom. The predicted molar refractivity (Wildman–Crippen MR) is 121 cm³/mol. The summed E-state index contributed by atoms with van der Waals surface area (Å²) in [6.45, 7) is 5.95. The topological polar surface area (TPSA) is 43.7 Å². The molecule has 28 heavy (non-hydrogen) atoms. The van der Waals surface area contributed by atoms with Gasteiger partial charge in [0.25, 0.3) is 0 Å². The zero-order valence-electron chi connectivity index (χ0n) is 18.5. The summed E-state index contributed by atoms with van der Waals surface area (Å²) in [4.78, 5) is 2.19. The number of benzene rings is 1. The van der Waals surface area contributed by atoms with E-state index in [0.29, 0.717) is 13.1 Å². The fraction of sp³-hybridized carbons (Fsp3) is 0.760. The van der Waals surface area contributed by atoms with Crippen LogP contribution in [0, 0.1) is 0 Å². The lowest BCUT2D eigenvalue weighted by Gasteiger charge is -2.24. The number of nitrogens with zero attached hydrogens (tertiary/aromatic N) is 1. The van der Waals surface area contributed by atoms with E-state index in [1.807, 2.05) is 13.8 Å². The molecular weight excluding hydrogens is 346 g/mol. The molecule has 2 N–H and O–H groups in total. The zero-order valence-corrected chi connectivity index (χ0v) is 18.5. The lowest BCUT2D eigenvalue weighted by Crippen LogP contribution is -2.36. The summed E-state index contributed by atoms with van der Waals surface area (Å²) >= 11 is 0. The summed E-state index contributed by atoms with van der Waals surface area (Å²) in [6.07, 6.45) is 15.3. The minimum absolute atomic E-state index is 0.322. The largest absolute Gasteiger partial charge is 0.392 e. The lowest BCUT2D eigenvalue weighted by atomic mass is 10.0. The Bertz CT molecular complexity index is 437. The SMILES string of the molecule is CC(O)CN(CCCCCCCCCCCCCc1ccccc1)CC(C)O. The van der Waals surface area contributed by atoms with Gasteiger partial charge in [-0.05, 0) is 45.2 Å². The van der Waals surface area contributed by atoms with E-state index in [1.165, 1.54) is 82.6 Å². The summed E-state index contributed by atoms with van der Waals surface area (Å²) < 4.78 is 0. The van der Waals surface area contributed by atoms with Crippen LogP contribution in [0.15, 0.2) is 30.3 Å². The standard InChI is InChI=1S/C25H45NO2/c1-23(27)21-26(22-24(2)28)20-16-11-9-7-5-3-4-6-8-10-13-17-25-18-14-12-15-19-25/h12,14-15,18-19,23-24,27-28H,3-11,13,16-17,20-22H2,1-2H3. The Morgan fingerprint density at radius 3 is 1.54 bits per heavy atom. The Balaban J connectivity index is 1.85. The molecule has 2 atom stereocenters. The number of unbranched alkanes of at least 4 members (excludes halogenated alkanes) is 10. The molecule has 0 aliphatic rings. The van der Waals surface area contributed by atoms with E-state index in [-0.39, 0.29) is 12.2 Å². The van der Waals surface area contributed by atoms with Gasteiger partial charge in [-0.15, -0.1) is 0 Å². The number of rotatable bonds is 18. The molecule has 0 spiro atoms. The molecule has 1 aromatic rings. The van der Waals surface area contributed by atoms with E-state index >= 15 is 0 Å². The van der Waals surface area contributed by atoms with Crippen molar-refractivity contribution in [3.8, 4) is 0 Å². The summed E-state index contributed by atoms with van der Waals surface area (Å²) in [5.41, 5.74) is 1.47. The number of aliphatic hydroxyl groups excluding tert-OH is 2. The lowest BCUT2D eigenvalue weighted by molar-refractivity contribution is 0.0825. The third-order valence-electron chi connectivity index (χ3n) is 5.33. The first-order chi connectivity index (χ1) is 13.6. The van der Waals surface area contributed by atoms with Crippen LogP contribution < -0.4 is 0 Å². The average molecular weight is 392 g/mol. The predicted octanol–water partition coefficient (Wildman–Crippen LogP) is 5.58. The van der Waals surface area contributed by atoms with Gasteiger partial charge in [0.05, 0.1) is 12.2 Å². The molecule has 1 aromatic carbocycles. The van der Waals surface area contributed by atoms with Gasteiger partial charge in [-0.3, -0.25) is 4.90 Å². The van der Waals surface area contributed by atoms with E-state index in [9.17, 15) is 10.2 Å². The molecule has 0 heterocycles. The molecule has 0 amide bonds. The normalized spacial score (nSPS) is 13.8. The molecule has 2 unspecified atom stereocenters. The van der Waals surface area contributed by atoms with Crippen LogP contribution in [-0.4, -0.2) is 47.0 Å². The smallest absolute Gasteiger partial charge is 0.0639 e. The van der Waals surface area contributed by atoms with Crippen molar-refractivity contribution in [2.24, 2.45) is 0 Å². The van der Waals surface area contributed by atoms with Gasteiger partial charge >= 0.3 is 0 Å². The second-order valence-electron chi connectivity index (χ2n) is 8.58. The first-order valence-corrected chi connectivity index (χ1v) is 11.7. The van der Waals surface area contributed by atoms with Gasteiger partial charge in [-0.25, -0.2) is 0 Å². The van der Waals surface area contributed by atoms with Crippen molar-refractivity contribution in [1.29, 1.82) is 0 Å². The Morgan fingerprint density at radius 2 is 1.07 bits per heavy atom. The molecule has 0 saturated carbocycles. The summed E-state index contributed by atoms with van der Waals surface area (Å²) in [5, 5.41) is 19.1. The van der Waals surface area contributed by atoms with Crippen molar-refractivity contribution in [3.05, 3.63) is 35.9 Å². The molecule has 0 saturated heterocycles. The highest BCUT2D eigenvalue weighted by Gasteiger charge is 2.10. The molecule has 1 rings (SSSR count). The van der Waals surface area contributed by atoms with Crippen LogP contribution in [0.1, 0.15) is 90.0 Å². The molecule has 3 heteroatoms. The Hall–Kier alpha value is -0.900. The van der Waals surface area contributed by atoms with Gasteiger partial charge in [-0.2, -0.15) is 0 Å². The molecule has 0 aromatic heterocycles. The number of aliphatic hydroxyl groups is 2. The summed E-state index contributed by atoms with van der Waals surface area (Å²) in [5.74, 6) is 0. The molecule has 0 fully saturated rings. The zero-order chi connectivity index (χ0) is 20.5. The van der Waals surface area contributed by atoms with Gasteiger partial charge in [0.15, 0.2) is 0 Å². The summed E-state index contributed by atoms with van der Waals surface area (Å²) in [6, 6.07) is 10.8. The van der Waals surface area contributed by atoms with Crippen LogP contribution in [0.2, 0.25) is 0 Å². The van der Waals surface area contributed by atoms with Gasteiger partial charge < -0.3 is 10.2 Å². The minimum atomic E-state index is -0.322. The first kappa shape index (κ1) is 25.1. The van der Waals surface area contributed by atoms with E-state index in [2.05, 4.69) is 35.2 Å². The molecule has 0 aliphatic carbocycles. The van der Waals surface area contributed by atoms with Crippen LogP contribution in [-0.2, 0) is 6.42 Å². The van der Waals surface area contributed by atoms with E-state index in [1.54, 1.807) is 0 Å². The van der Waals surface area contributed by atoms with Crippen LogP contribution in [0.25, 0.3) is 0 Å². The van der Waals surface area contributed by atoms with Crippen molar-refractivity contribution in [2.45, 2.75) is 103 Å². The van der Waals surface area contributed by atoms with Gasteiger partial charge in [-0.1, -0.05) is 88.1 Å². The van der Waals surface area contributed by atoms with Crippen molar-refractivity contribution in [3.63, 3.8) is 0 Å². The minimum Gasteiger partial charge on any atom is -0.392 e. The van der Waals surface area contributed by atoms with Crippen molar-refractivity contribution in [1.82, 2.24) is 4.90 Å². The molecule has 162 valence electrons. The van der Waals surface area contributed by atoms with Crippen LogP contribution in [0.3, 0.4) is 0 Å².